The molecular formula is C12H12N2O4. The lowest BCUT2D eigenvalue weighted by Crippen LogP contribution is -1.97. The van der Waals surface area contributed by atoms with Crippen LogP contribution in [0.1, 0.15) is 17.4 Å². The van der Waals surface area contributed by atoms with Gasteiger partial charge in [0.1, 0.15) is 0 Å². The fourth-order valence-corrected chi connectivity index (χ4v) is 1.45. The molecule has 0 saturated heterocycles. The van der Waals surface area contributed by atoms with Crippen molar-refractivity contribution in [3.05, 3.63) is 36.2 Å². The highest BCUT2D eigenvalue weighted by molar-refractivity contribution is 5.85. The van der Waals surface area contributed by atoms with Crippen molar-refractivity contribution in [1.29, 1.82) is 0 Å². The lowest BCUT2D eigenvalue weighted by Gasteiger charge is -2.07. The SMILES string of the molecule is CCn1cc(C(=O)O)nc1Oc1ccccc1O. The van der Waals surface area contributed by atoms with E-state index in [2.05, 4.69) is 4.98 Å². The third kappa shape index (κ3) is 2.27. The Balaban J connectivity index is 2.34. The number of phenols is 1. The van der Waals surface area contributed by atoms with E-state index in [0.717, 1.165) is 0 Å². The number of aromatic nitrogens is 2. The van der Waals surface area contributed by atoms with Crippen molar-refractivity contribution in [2.45, 2.75) is 13.5 Å². The molecule has 2 N–H and O–H groups in total. The zero-order valence-corrected chi connectivity index (χ0v) is 9.70. The van der Waals surface area contributed by atoms with Gasteiger partial charge in [-0.1, -0.05) is 12.1 Å². The number of rotatable bonds is 4. The number of hydrogen-bond acceptors (Lipinski definition) is 4. The van der Waals surface area contributed by atoms with Crippen molar-refractivity contribution >= 4 is 5.97 Å². The first kappa shape index (κ1) is 12.0. The molecule has 1 aromatic heterocycles. The molecule has 2 rings (SSSR count). The summed E-state index contributed by atoms with van der Waals surface area (Å²) in [6, 6.07) is 6.55. The first-order valence-corrected chi connectivity index (χ1v) is 5.38. The average molecular weight is 248 g/mol. The minimum Gasteiger partial charge on any atom is -0.504 e. The van der Waals surface area contributed by atoms with E-state index in [1.807, 2.05) is 6.92 Å². The van der Waals surface area contributed by atoms with Crippen LogP contribution in [0, 0.1) is 0 Å². The number of aromatic carboxylic acids is 1. The molecule has 1 heterocycles. The van der Waals surface area contributed by atoms with Gasteiger partial charge >= 0.3 is 12.0 Å². The highest BCUT2D eigenvalue weighted by Gasteiger charge is 2.15. The van der Waals surface area contributed by atoms with Gasteiger partial charge in [-0.2, -0.15) is 4.98 Å². The fraction of sp³-hybridized carbons (Fsp3) is 0.167. The predicted molar refractivity (Wildman–Crippen MR) is 63.0 cm³/mol. The number of para-hydroxylation sites is 2. The highest BCUT2D eigenvalue weighted by atomic mass is 16.5. The zero-order valence-electron chi connectivity index (χ0n) is 9.70. The summed E-state index contributed by atoms with van der Waals surface area (Å²) in [5.41, 5.74) is -0.0951. The first-order chi connectivity index (χ1) is 8.61. The molecule has 0 saturated carbocycles. The van der Waals surface area contributed by atoms with Gasteiger partial charge in [0.05, 0.1) is 0 Å². The largest absolute Gasteiger partial charge is 0.504 e. The van der Waals surface area contributed by atoms with E-state index in [-0.39, 0.29) is 23.2 Å². The lowest BCUT2D eigenvalue weighted by atomic mass is 10.3. The molecule has 0 aliphatic carbocycles. The summed E-state index contributed by atoms with van der Waals surface area (Å²) >= 11 is 0. The van der Waals surface area contributed by atoms with Gasteiger partial charge < -0.3 is 19.5 Å². The van der Waals surface area contributed by atoms with Crippen molar-refractivity contribution < 1.29 is 19.7 Å². The van der Waals surface area contributed by atoms with Gasteiger partial charge in [-0.05, 0) is 19.1 Å². The number of nitrogens with zero attached hydrogens (tertiary/aromatic N) is 2. The minimum atomic E-state index is -1.12. The van der Waals surface area contributed by atoms with Crippen LogP contribution in [0.15, 0.2) is 30.5 Å². The molecule has 94 valence electrons. The molecule has 18 heavy (non-hydrogen) atoms. The summed E-state index contributed by atoms with van der Waals surface area (Å²) in [6.07, 6.45) is 1.39. The molecule has 1 aromatic carbocycles. The molecular weight excluding hydrogens is 236 g/mol. The Labute approximate surface area is 103 Å². The van der Waals surface area contributed by atoms with E-state index < -0.39 is 5.97 Å². The van der Waals surface area contributed by atoms with Gasteiger partial charge in [0.25, 0.3) is 0 Å². The fourth-order valence-electron chi connectivity index (χ4n) is 1.45. The normalized spacial score (nSPS) is 10.3. The predicted octanol–water partition coefficient (Wildman–Crippen LogP) is 2.10. The maximum Gasteiger partial charge on any atom is 0.356 e. The number of hydrogen-bond donors (Lipinski definition) is 2. The molecule has 2 aromatic rings. The quantitative estimate of drug-likeness (QED) is 0.865. The van der Waals surface area contributed by atoms with E-state index in [4.69, 9.17) is 9.84 Å². The summed E-state index contributed by atoms with van der Waals surface area (Å²) in [6.45, 7) is 2.36. The Morgan fingerprint density at radius 2 is 2.17 bits per heavy atom. The Kier molecular flexibility index (Phi) is 3.18. The van der Waals surface area contributed by atoms with E-state index in [1.165, 1.54) is 12.3 Å². The van der Waals surface area contributed by atoms with Crippen molar-refractivity contribution in [3.8, 4) is 17.5 Å². The summed E-state index contributed by atoms with van der Waals surface area (Å²) < 4.78 is 6.95. The van der Waals surface area contributed by atoms with Crippen LogP contribution in [-0.4, -0.2) is 25.7 Å². The van der Waals surface area contributed by atoms with Crippen LogP contribution in [0.25, 0.3) is 0 Å². The second-order valence-electron chi connectivity index (χ2n) is 3.57. The maximum atomic E-state index is 10.8. The van der Waals surface area contributed by atoms with Crippen molar-refractivity contribution in [3.63, 3.8) is 0 Å². The molecule has 0 unspecified atom stereocenters. The van der Waals surface area contributed by atoms with Crippen molar-refractivity contribution in [2.75, 3.05) is 0 Å². The number of benzene rings is 1. The van der Waals surface area contributed by atoms with Crippen LogP contribution >= 0.6 is 0 Å². The molecule has 0 bridgehead atoms. The molecule has 0 aliphatic heterocycles. The number of phenolic OH excluding ortho intramolecular Hbond substituents is 1. The summed E-state index contributed by atoms with van der Waals surface area (Å²) in [5.74, 6) is -0.917. The standard InChI is InChI=1S/C12H12N2O4/c1-2-14-7-8(11(16)17)13-12(14)18-10-6-4-3-5-9(10)15/h3-7,15H,2H2,1H3,(H,16,17). The number of aryl methyl sites for hydroxylation is 1. The van der Waals surface area contributed by atoms with Gasteiger partial charge in [-0.15, -0.1) is 0 Å². The van der Waals surface area contributed by atoms with Crippen LogP contribution in [0.3, 0.4) is 0 Å². The highest BCUT2D eigenvalue weighted by Crippen LogP contribution is 2.29. The monoisotopic (exact) mass is 248 g/mol. The Morgan fingerprint density at radius 3 is 2.78 bits per heavy atom. The third-order valence-corrected chi connectivity index (χ3v) is 2.37. The number of imidazole rings is 1. The molecule has 0 amide bonds. The van der Waals surface area contributed by atoms with E-state index >= 15 is 0 Å². The number of carboxylic acid groups (broad SMARTS) is 1. The smallest absolute Gasteiger partial charge is 0.356 e. The van der Waals surface area contributed by atoms with Gasteiger partial charge in [0.2, 0.25) is 0 Å². The van der Waals surface area contributed by atoms with Crippen LogP contribution in [-0.2, 0) is 6.54 Å². The lowest BCUT2D eigenvalue weighted by molar-refractivity contribution is 0.0690. The van der Waals surface area contributed by atoms with E-state index in [0.29, 0.717) is 6.54 Å². The van der Waals surface area contributed by atoms with Crippen LogP contribution in [0.5, 0.6) is 17.5 Å². The van der Waals surface area contributed by atoms with Gasteiger partial charge in [0, 0.05) is 12.7 Å². The Bertz CT molecular complexity index is 577. The molecule has 0 radical (unpaired) electrons. The first-order valence-electron chi connectivity index (χ1n) is 5.38. The summed E-state index contributed by atoms with van der Waals surface area (Å²) in [4.78, 5) is 14.7. The molecule has 0 aliphatic rings. The molecule has 6 nitrogen and oxygen atoms in total. The Hall–Kier alpha value is -2.50. The number of ether oxygens (including phenoxy) is 1. The second-order valence-corrected chi connectivity index (χ2v) is 3.57. The van der Waals surface area contributed by atoms with Gasteiger partial charge in [-0.3, -0.25) is 0 Å². The van der Waals surface area contributed by atoms with E-state index in [1.54, 1.807) is 22.8 Å². The van der Waals surface area contributed by atoms with E-state index in [9.17, 15) is 9.90 Å². The molecule has 0 spiro atoms. The van der Waals surface area contributed by atoms with Crippen LogP contribution in [0.4, 0.5) is 0 Å². The maximum absolute atomic E-state index is 10.8. The number of carbonyl (C=O) groups is 1. The number of aromatic hydroxyl groups is 1. The Morgan fingerprint density at radius 1 is 1.44 bits per heavy atom. The van der Waals surface area contributed by atoms with Crippen LogP contribution < -0.4 is 4.74 Å². The van der Waals surface area contributed by atoms with Crippen molar-refractivity contribution in [1.82, 2.24) is 9.55 Å². The molecule has 0 atom stereocenters. The van der Waals surface area contributed by atoms with Gasteiger partial charge in [0.15, 0.2) is 17.2 Å². The van der Waals surface area contributed by atoms with Crippen molar-refractivity contribution in [2.24, 2.45) is 0 Å². The number of carboxylic acids is 1. The topological polar surface area (TPSA) is 84.6 Å². The average Bonchev–Trinajstić information content (AvgIpc) is 2.75. The molecule has 6 heteroatoms. The summed E-state index contributed by atoms with van der Waals surface area (Å²) in [5, 5.41) is 18.4. The van der Waals surface area contributed by atoms with Crippen LogP contribution in [0.2, 0.25) is 0 Å². The van der Waals surface area contributed by atoms with Gasteiger partial charge in [-0.25, -0.2) is 4.79 Å². The zero-order chi connectivity index (χ0) is 13.1. The molecule has 0 fully saturated rings. The third-order valence-electron chi connectivity index (χ3n) is 2.37. The summed E-state index contributed by atoms with van der Waals surface area (Å²) in [7, 11) is 0. The second kappa shape index (κ2) is 4.79. The minimum absolute atomic E-state index is 0.0278.